The van der Waals surface area contributed by atoms with Crippen molar-refractivity contribution in [3.05, 3.63) is 65.0 Å². The third kappa shape index (κ3) is 2.99. The highest BCUT2D eigenvalue weighted by Crippen LogP contribution is 2.21. The summed E-state index contributed by atoms with van der Waals surface area (Å²) in [5, 5.41) is 0. The van der Waals surface area contributed by atoms with Crippen LogP contribution >= 0.6 is 0 Å². The molecule has 2 nitrogen and oxygen atoms in total. The number of ether oxygens (including phenoxy) is 1. The van der Waals surface area contributed by atoms with E-state index in [4.69, 9.17) is 4.74 Å². The number of Topliss-reactive ketones (excluding diaryl/α,β-unsaturated/α-hetero) is 1. The Hall–Kier alpha value is -2.16. The molecule has 0 aliphatic rings. The van der Waals surface area contributed by atoms with Crippen molar-refractivity contribution in [2.24, 2.45) is 0 Å². The molecular weight excluding hydrogens is 243 g/mol. The molecule has 19 heavy (non-hydrogen) atoms. The molecule has 0 N–H and O–H groups in total. The number of ketones is 1. The summed E-state index contributed by atoms with van der Waals surface area (Å²) in [6.07, 6.45) is 0.0342. The number of hydrogen-bond donors (Lipinski definition) is 0. The maximum atomic E-state index is 14.0. The smallest absolute Gasteiger partial charge is 0.168 e. The van der Waals surface area contributed by atoms with Crippen molar-refractivity contribution in [3.63, 3.8) is 0 Å². The van der Waals surface area contributed by atoms with Crippen molar-refractivity contribution < 1.29 is 13.9 Å². The summed E-state index contributed by atoms with van der Waals surface area (Å²) in [4.78, 5) is 12.1. The molecule has 2 aromatic rings. The molecule has 0 bridgehead atoms. The van der Waals surface area contributed by atoms with Gasteiger partial charge in [0.25, 0.3) is 0 Å². The second-order valence-corrected chi connectivity index (χ2v) is 4.40. The minimum absolute atomic E-state index is 0.0342. The van der Waals surface area contributed by atoms with Gasteiger partial charge in [-0.25, -0.2) is 4.39 Å². The maximum Gasteiger partial charge on any atom is 0.168 e. The summed E-state index contributed by atoms with van der Waals surface area (Å²) in [5.74, 6) is -0.406. The summed E-state index contributed by atoms with van der Waals surface area (Å²) in [5.41, 5.74) is 1.96. The molecule has 0 amide bonds. The number of rotatable bonds is 4. The van der Waals surface area contributed by atoms with Gasteiger partial charge in [-0.15, -0.1) is 0 Å². The number of benzene rings is 2. The lowest BCUT2D eigenvalue weighted by Gasteiger charge is -2.07. The van der Waals surface area contributed by atoms with Gasteiger partial charge in [0.1, 0.15) is 0 Å². The largest absolute Gasteiger partial charge is 0.494 e. The molecule has 0 saturated carbocycles. The van der Waals surface area contributed by atoms with Crippen molar-refractivity contribution in [1.29, 1.82) is 0 Å². The van der Waals surface area contributed by atoms with Crippen LogP contribution in [0.5, 0.6) is 5.75 Å². The Labute approximate surface area is 111 Å². The first-order valence-corrected chi connectivity index (χ1v) is 6.03. The van der Waals surface area contributed by atoms with Gasteiger partial charge in [-0.05, 0) is 24.6 Å². The van der Waals surface area contributed by atoms with E-state index in [1.54, 1.807) is 24.3 Å². The normalized spacial score (nSPS) is 10.3. The topological polar surface area (TPSA) is 26.3 Å². The van der Waals surface area contributed by atoms with Crippen LogP contribution in [0.2, 0.25) is 0 Å². The van der Waals surface area contributed by atoms with Gasteiger partial charge in [-0.3, -0.25) is 4.79 Å². The van der Waals surface area contributed by atoms with Crippen molar-refractivity contribution >= 4 is 5.78 Å². The average Bonchev–Trinajstić information content (AvgIpc) is 2.41. The Bertz CT molecular complexity index is 605. The van der Waals surface area contributed by atoms with Crippen molar-refractivity contribution in [2.75, 3.05) is 7.11 Å². The number of methoxy groups -OCH3 is 1. The Morgan fingerprint density at radius 2 is 1.95 bits per heavy atom. The molecule has 0 saturated heterocycles. The number of hydrogen-bond acceptors (Lipinski definition) is 2. The molecule has 0 aliphatic carbocycles. The van der Waals surface area contributed by atoms with E-state index in [-0.39, 0.29) is 18.0 Å². The monoisotopic (exact) mass is 258 g/mol. The van der Waals surface area contributed by atoms with Gasteiger partial charge in [-0.1, -0.05) is 35.9 Å². The van der Waals surface area contributed by atoms with E-state index in [0.717, 1.165) is 5.56 Å². The Morgan fingerprint density at radius 3 is 2.63 bits per heavy atom. The minimum Gasteiger partial charge on any atom is -0.494 e. The number of carbonyl (C=O) groups excluding carboxylic acids is 1. The fourth-order valence-electron chi connectivity index (χ4n) is 1.94. The van der Waals surface area contributed by atoms with E-state index in [1.165, 1.54) is 13.2 Å². The lowest BCUT2D eigenvalue weighted by molar-refractivity contribution is 0.0991. The number of carbonyl (C=O) groups is 1. The highest BCUT2D eigenvalue weighted by Gasteiger charge is 2.13. The minimum atomic E-state index is -0.467. The van der Waals surface area contributed by atoms with Gasteiger partial charge in [0.05, 0.1) is 7.11 Å². The van der Waals surface area contributed by atoms with E-state index in [1.807, 2.05) is 19.1 Å². The average molecular weight is 258 g/mol. The number of aryl methyl sites for hydroxylation is 1. The zero-order chi connectivity index (χ0) is 13.8. The van der Waals surface area contributed by atoms with Gasteiger partial charge >= 0.3 is 0 Å². The molecular formula is C16H15FO2. The van der Waals surface area contributed by atoms with Crippen LogP contribution in [-0.2, 0) is 6.42 Å². The molecule has 98 valence electrons. The molecule has 0 unspecified atom stereocenters. The molecule has 0 atom stereocenters. The van der Waals surface area contributed by atoms with Crippen LogP contribution in [0.4, 0.5) is 4.39 Å². The number of halogens is 1. The standard InChI is InChI=1S/C16H15FO2/c1-11-5-3-6-12(9-11)14(18)10-13-7-4-8-15(19-2)16(13)17/h3-9H,10H2,1-2H3. The summed E-state index contributed by atoms with van der Waals surface area (Å²) in [6.45, 7) is 1.92. The third-order valence-electron chi connectivity index (χ3n) is 2.95. The fraction of sp³-hybridized carbons (Fsp3) is 0.188. The second-order valence-electron chi connectivity index (χ2n) is 4.40. The Balaban J connectivity index is 2.24. The third-order valence-corrected chi connectivity index (χ3v) is 2.95. The van der Waals surface area contributed by atoms with Crippen LogP contribution in [0.15, 0.2) is 42.5 Å². The van der Waals surface area contributed by atoms with Gasteiger partial charge in [0.15, 0.2) is 17.3 Å². The first kappa shape index (κ1) is 13.3. The van der Waals surface area contributed by atoms with Gasteiger partial charge in [0, 0.05) is 12.0 Å². The zero-order valence-electron chi connectivity index (χ0n) is 10.9. The van der Waals surface area contributed by atoms with Gasteiger partial charge in [-0.2, -0.15) is 0 Å². The maximum absolute atomic E-state index is 14.0. The van der Waals surface area contributed by atoms with Crippen molar-refractivity contribution in [2.45, 2.75) is 13.3 Å². The summed E-state index contributed by atoms with van der Waals surface area (Å²) in [7, 11) is 1.41. The second kappa shape index (κ2) is 5.65. The zero-order valence-corrected chi connectivity index (χ0v) is 10.9. The van der Waals surface area contributed by atoms with E-state index < -0.39 is 5.82 Å². The molecule has 0 aromatic heterocycles. The molecule has 2 rings (SSSR count). The van der Waals surface area contributed by atoms with Gasteiger partial charge < -0.3 is 4.74 Å². The fourth-order valence-corrected chi connectivity index (χ4v) is 1.94. The van der Waals surface area contributed by atoms with Crippen molar-refractivity contribution in [1.82, 2.24) is 0 Å². The Morgan fingerprint density at radius 1 is 1.21 bits per heavy atom. The lowest BCUT2D eigenvalue weighted by atomic mass is 10.0. The van der Waals surface area contributed by atoms with E-state index in [2.05, 4.69) is 0 Å². The molecule has 0 fully saturated rings. The first-order valence-electron chi connectivity index (χ1n) is 6.03. The van der Waals surface area contributed by atoms with Crippen LogP contribution in [0.3, 0.4) is 0 Å². The molecule has 0 spiro atoms. The predicted octanol–water partition coefficient (Wildman–Crippen LogP) is 3.57. The SMILES string of the molecule is COc1cccc(CC(=O)c2cccc(C)c2)c1F. The van der Waals surface area contributed by atoms with Crippen molar-refractivity contribution in [3.8, 4) is 5.75 Å². The predicted molar refractivity (Wildman–Crippen MR) is 72.2 cm³/mol. The molecule has 0 radical (unpaired) electrons. The first-order chi connectivity index (χ1) is 9.11. The van der Waals surface area contributed by atoms with E-state index >= 15 is 0 Å². The lowest BCUT2D eigenvalue weighted by Crippen LogP contribution is -2.06. The van der Waals surface area contributed by atoms with E-state index in [0.29, 0.717) is 11.1 Å². The van der Waals surface area contributed by atoms with Crippen LogP contribution in [0, 0.1) is 12.7 Å². The molecule has 0 heterocycles. The summed E-state index contributed by atoms with van der Waals surface area (Å²) in [6, 6.07) is 12.1. The van der Waals surface area contributed by atoms with Crippen LogP contribution < -0.4 is 4.74 Å². The summed E-state index contributed by atoms with van der Waals surface area (Å²) >= 11 is 0. The summed E-state index contributed by atoms with van der Waals surface area (Å²) < 4.78 is 18.9. The highest BCUT2D eigenvalue weighted by molar-refractivity contribution is 5.97. The molecule has 0 aliphatic heterocycles. The highest BCUT2D eigenvalue weighted by atomic mass is 19.1. The Kier molecular flexibility index (Phi) is 3.95. The van der Waals surface area contributed by atoms with E-state index in [9.17, 15) is 9.18 Å². The van der Waals surface area contributed by atoms with Crippen LogP contribution in [0.1, 0.15) is 21.5 Å². The molecule has 3 heteroatoms. The van der Waals surface area contributed by atoms with Gasteiger partial charge in [0.2, 0.25) is 0 Å². The van der Waals surface area contributed by atoms with Crippen LogP contribution in [0.25, 0.3) is 0 Å². The molecule has 2 aromatic carbocycles. The van der Waals surface area contributed by atoms with Crippen LogP contribution in [-0.4, -0.2) is 12.9 Å². The quantitative estimate of drug-likeness (QED) is 0.784.